The Hall–Kier alpha value is -0.680. The highest BCUT2D eigenvalue weighted by Crippen LogP contribution is 2.15. The minimum absolute atomic E-state index is 0.0218. The van der Waals surface area contributed by atoms with Crippen molar-refractivity contribution >= 4 is 5.97 Å². The van der Waals surface area contributed by atoms with Crippen LogP contribution in [0.3, 0.4) is 0 Å². The van der Waals surface area contributed by atoms with Crippen molar-refractivity contribution in [3.63, 3.8) is 0 Å². The zero-order chi connectivity index (χ0) is 11.7. The summed E-state index contributed by atoms with van der Waals surface area (Å²) in [5, 5.41) is 8.61. The van der Waals surface area contributed by atoms with Crippen LogP contribution in [-0.4, -0.2) is 37.5 Å². The van der Waals surface area contributed by atoms with Crippen LogP contribution in [0.15, 0.2) is 0 Å². The molecule has 0 amide bonds. The Morgan fingerprint density at radius 2 is 2.27 bits per heavy atom. The molecule has 0 aliphatic carbocycles. The fourth-order valence-electron chi connectivity index (χ4n) is 1.49. The zero-order valence-corrected chi connectivity index (χ0v) is 9.12. The van der Waals surface area contributed by atoms with E-state index in [1.165, 1.54) is 0 Å². The van der Waals surface area contributed by atoms with Crippen molar-refractivity contribution in [2.45, 2.75) is 19.8 Å². The molecule has 0 radical (unpaired) electrons. The first-order chi connectivity index (χ1) is 7.10. The number of hydrogen-bond acceptors (Lipinski definition) is 3. The van der Waals surface area contributed by atoms with Gasteiger partial charge < -0.3 is 15.6 Å². The molecule has 4 nitrogen and oxygen atoms in total. The zero-order valence-electron chi connectivity index (χ0n) is 9.12. The van der Waals surface area contributed by atoms with E-state index in [9.17, 15) is 9.18 Å². The van der Waals surface area contributed by atoms with Crippen molar-refractivity contribution in [2.75, 3.05) is 26.4 Å². The molecule has 0 rings (SSSR count). The van der Waals surface area contributed by atoms with Crippen molar-refractivity contribution < 1.29 is 19.0 Å². The summed E-state index contributed by atoms with van der Waals surface area (Å²) in [5.74, 6) is -0.641. The van der Waals surface area contributed by atoms with E-state index in [1.54, 1.807) is 0 Å². The van der Waals surface area contributed by atoms with Gasteiger partial charge in [-0.15, -0.1) is 0 Å². The lowest BCUT2D eigenvalue weighted by Gasteiger charge is -2.17. The van der Waals surface area contributed by atoms with Crippen molar-refractivity contribution in [1.82, 2.24) is 0 Å². The number of ether oxygens (including phenoxy) is 1. The Labute approximate surface area is 89.6 Å². The second kappa shape index (κ2) is 8.61. The quantitative estimate of drug-likeness (QED) is 0.571. The third kappa shape index (κ3) is 8.32. The number of carboxylic acid groups (broad SMARTS) is 1. The van der Waals surface area contributed by atoms with Gasteiger partial charge >= 0.3 is 5.97 Å². The summed E-state index contributed by atoms with van der Waals surface area (Å²) in [5.41, 5.74) is 5.46. The van der Waals surface area contributed by atoms with E-state index >= 15 is 0 Å². The van der Waals surface area contributed by atoms with Crippen LogP contribution in [0.2, 0.25) is 0 Å². The van der Waals surface area contributed by atoms with E-state index in [0.29, 0.717) is 19.6 Å². The van der Waals surface area contributed by atoms with Gasteiger partial charge in [-0.3, -0.25) is 4.79 Å². The molecule has 15 heavy (non-hydrogen) atoms. The van der Waals surface area contributed by atoms with Gasteiger partial charge in [0.15, 0.2) is 0 Å². The first-order valence-electron chi connectivity index (χ1n) is 5.15. The van der Waals surface area contributed by atoms with Crippen LogP contribution in [0.25, 0.3) is 0 Å². The number of alkyl halides is 1. The molecule has 0 aromatic rings. The monoisotopic (exact) mass is 221 g/mol. The van der Waals surface area contributed by atoms with Crippen LogP contribution in [-0.2, 0) is 9.53 Å². The summed E-state index contributed by atoms with van der Waals surface area (Å²) < 4.78 is 16.8. The van der Waals surface area contributed by atoms with Gasteiger partial charge in [0.25, 0.3) is 0 Å². The summed E-state index contributed by atoms with van der Waals surface area (Å²) in [6, 6.07) is 0. The second-order valence-corrected chi connectivity index (χ2v) is 3.80. The molecule has 0 saturated carbocycles. The Morgan fingerprint density at radius 1 is 1.60 bits per heavy atom. The summed E-state index contributed by atoms with van der Waals surface area (Å²) in [7, 11) is 0. The number of hydrogen-bond donors (Lipinski definition) is 2. The largest absolute Gasteiger partial charge is 0.481 e. The third-order valence-corrected chi connectivity index (χ3v) is 2.16. The molecule has 0 heterocycles. The van der Waals surface area contributed by atoms with Crippen LogP contribution in [0.4, 0.5) is 4.39 Å². The molecular weight excluding hydrogens is 201 g/mol. The average molecular weight is 221 g/mol. The van der Waals surface area contributed by atoms with Crippen LogP contribution in [0, 0.1) is 11.8 Å². The number of carbonyl (C=O) groups is 1. The van der Waals surface area contributed by atoms with Gasteiger partial charge in [0.05, 0.1) is 6.61 Å². The minimum atomic E-state index is -0.831. The van der Waals surface area contributed by atoms with E-state index in [0.717, 1.165) is 0 Å². The predicted molar refractivity (Wildman–Crippen MR) is 55.4 cm³/mol. The molecule has 0 aromatic carbocycles. The summed E-state index contributed by atoms with van der Waals surface area (Å²) in [6.45, 7) is 2.39. The van der Waals surface area contributed by atoms with Crippen LogP contribution in [0.5, 0.6) is 0 Å². The Balaban J connectivity index is 3.69. The highest BCUT2D eigenvalue weighted by Gasteiger charge is 2.15. The average Bonchev–Trinajstić information content (AvgIpc) is 2.16. The topological polar surface area (TPSA) is 72.5 Å². The molecule has 2 atom stereocenters. The van der Waals surface area contributed by atoms with Gasteiger partial charge in [0.1, 0.15) is 6.67 Å². The number of halogens is 1. The van der Waals surface area contributed by atoms with Crippen LogP contribution in [0.1, 0.15) is 19.8 Å². The fourth-order valence-corrected chi connectivity index (χ4v) is 1.49. The Kier molecular flexibility index (Phi) is 8.22. The van der Waals surface area contributed by atoms with Crippen LogP contribution < -0.4 is 5.73 Å². The van der Waals surface area contributed by atoms with E-state index in [-0.39, 0.29) is 24.9 Å². The number of aliphatic carboxylic acids is 1. The molecule has 0 bridgehead atoms. The molecule has 0 saturated heterocycles. The molecule has 90 valence electrons. The van der Waals surface area contributed by atoms with Crippen molar-refractivity contribution in [3.8, 4) is 0 Å². The maximum absolute atomic E-state index is 11.7. The highest BCUT2D eigenvalue weighted by molar-refractivity contribution is 5.67. The highest BCUT2D eigenvalue weighted by atomic mass is 19.1. The maximum atomic E-state index is 11.7. The van der Waals surface area contributed by atoms with Gasteiger partial charge in [-0.25, -0.2) is 4.39 Å². The first-order valence-corrected chi connectivity index (χ1v) is 5.15. The number of nitrogens with two attached hydrogens (primary N) is 1. The molecular formula is C10H20FNO3. The number of carboxylic acids is 1. The Bertz CT molecular complexity index is 178. The molecule has 0 aliphatic heterocycles. The molecule has 0 aromatic heterocycles. The normalized spacial score (nSPS) is 14.9. The van der Waals surface area contributed by atoms with Crippen molar-refractivity contribution in [1.29, 1.82) is 0 Å². The lowest BCUT2D eigenvalue weighted by atomic mass is 9.94. The maximum Gasteiger partial charge on any atom is 0.303 e. The second-order valence-electron chi connectivity index (χ2n) is 3.80. The molecule has 5 heteroatoms. The first kappa shape index (κ1) is 14.3. The number of rotatable bonds is 9. The summed E-state index contributed by atoms with van der Waals surface area (Å²) in [4.78, 5) is 10.5. The lowest BCUT2D eigenvalue weighted by Crippen LogP contribution is -2.22. The molecule has 1 unspecified atom stereocenters. The van der Waals surface area contributed by atoms with Gasteiger partial charge in [-0.1, -0.05) is 6.92 Å². The van der Waals surface area contributed by atoms with Gasteiger partial charge in [-0.05, 0) is 24.8 Å². The molecule has 0 spiro atoms. The summed E-state index contributed by atoms with van der Waals surface area (Å²) >= 11 is 0. The van der Waals surface area contributed by atoms with Crippen LogP contribution >= 0.6 is 0 Å². The standard InChI is InChI=1S/C10H20FNO3/c1-8(7-15-3-2-11)4-9(6-12)5-10(13)14/h8-9H,2-7,12H2,1H3,(H,13,14)/t8-,9?/m0/s1. The molecule has 3 N–H and O–H groups in total. The smallest absolute Gasteiger partial charge is 0.303 e. The SMILES string of the molecule is C[C@H](COCCF)CC(CN)CC(=O)O. The van der Waals surface area contributed by atoms with E-state index < -0.39 is 12.6 Å². The fraction of sp³-hybridized carbons (Fsp3) is 0.900. The summed E-state index contributed by atoms with van der Waals surface area (Å²) in [6.07, 6.45) is 0.791. The van der Waals surface area contributed by atoms with Gasteiger partial charge in [0, 0.05) is 13.0 Å². The predicted octanol–water partition coefficient (Wildman–Crippen LogP) is 1.05. The van der Waals surface area contributed by atoms with Gasteiger partial charge in [0.2, 0.25) is 0 Å². The third-order valence-electron chi connectivity index (χ3n) is 2.16. The van der Waals surface area contributed by atoms with Crippen molar-refractivity contribution in [2.24, 2.45) is 17.6 Å². The van der Waals surface area contributed by atoms with Gasteiger partial charge in [-0.2, -0.15) is 0 Å². The van der Waals surface area contributed by atoms with Crippen molar-refractivity contribution in [3.05, 3.63) is 0 Å². The minimum Gasteiger partial charge on any atom is -0.481 e. The molecule has 0 aliphatic rings. The Morgan fingerprint density at radius 3 is 2.73 bits per heavy atom. The lowest BCUT2D eigenvalue weighted by molar-refractivity contribution is -0.138. The molecule has 0 fully saturated rings. The van der Waals surface area contributed by atoms with E-state index in [2.05, 4.69) is 0 Å². The van der Waals surface area contributed by atoms with E-state index in [4.69, 9.17) is 15.6 Å². The van der Waals surface area contributed by atoms with E-state index in [1.807, 2.05) is 6.92 Å².